The molecule has 0 saturated heterocycles. The van der Waals surface area contributed by atoms with Crippen molar-refractivity contribution in [3.8, 4) is 0 Å². The van der Waals surface area contributed by atoms with Crippen LogP contribution >= 0.6 is 15.9 Å². The first-order valence-corrected chi connectivity index (χ1v) is 6.56. The predicted octanol–water partition coefficient (Wildman–Crippen LogP) is 2.25. The van der Waals surface area contributed by atoms with Crippen LogP contribution in [0.15, 0.2) is 28.7 Å². The maximum absolute atomic E-state index is 11.6. The van der Waals surface area contributed by atoms with Gasteiger partial charge < -0.3 is 5.11 Å². The highest BCUT2D eigenvalue weighted by atomic mass is 79.9. The topological polar surface area (TPSA) is 37.3 Å². The molecule has 2 nitrogen and oxygen atoms in total. The Kier molecular flexibility index (Phi) is 4.78. The summed E-state index contributed by atoms with van der Waals surface area (Å²) in [7, 11) is -0.995. The van der Waals surface area contributed by atoms with Crippen LogP contribution in [-0.4, -0.2) is 21.7 Å². The molecule has 0 radical (unpaired) electrons. The van der Waals surface area contributed by atoms with E-state index in [1.807, 2.05) is 31.2 Å². The van der Waals surface area contributed by atoms with Gasteiger partial charge in [-0.1, -0.05) is 28.1 Å². The van der Waals surface area contributed by atoms with Crippen molar-refractivity contribution in [3.63, 3.8) is 0 Å². The van der Waals surface area contributed by atoms with Crippen LogP contribution in [0.3, 0.4) is 0 Å². The van der Waals surface area contributed by atoms with Crippen LogP contribution in [0.1, 0.15) is 17.7 Å². The van der Waals surface area contributed by atoms with E-state index in [1.54, 1.807) is 0 Å². The van der Waals surface area contributed by atoms with Gasteiger partial charge in [-0.15, -0.1) is 0 Å². The van der Waals surface area contributed by atoms with Gasteiger partial charge in [-0.2, -0.15) is 0 Å². The van der Waals surface area contributed by atoms with Crippen molar-refractivity contribution >= 4 is 26.7 Å². The fourth-order valence-corrected chi connectivity index (χ4v) is 2.58. The van der Waals surface area contributed by atoms with E-state index in [2.05, 4.69) is 15.9 Å². The van der Waals surface area contributed by atoms with Gasteiger partial charge in [0.25, 0.3) is 0 Å². The molecule has 0 aliphatic rings. The molecular weight excluding hydrogens is 264 g/mol. The summed E-state index contributed by atoms with van der Waals surface area (Å²) in [6.07, 6.45) is 0. The molecule has 0 amide bonds. The van der Waals surface area contributed by atoms with Crippen molar-refractivity contribution in [1.82, 2.24) is 0 Å². The minimum atomic E-state index is -0.995. The fourth-order valence-electron chi connectivity index (χ4n) is 1.18. The zero-order chi connectivity index (χ0) is 10.6. The Bertz CT molecular complexity index is 328. The lowest BCUT2D eigenvalue weighted by Crippen LogP contribution is -2.09. The first-order valence-electron chi connectivity index (χ1n) is 4.38. The van der Waals surface area contributed by atoms with Crippen LogP contribution in [-0.2, 0) is 10.8 Å². The average molecular weight is 277 g/mol. The first-order chi connectivity index (χ1) is 6.65. The van der Waals surface area contributed by atoms with E-state index in [9.17, 15) is 4.21 Å². The van der Waals surface area contributed by atoms with Crippen molar-refractivity contribution in [1.29, 1.82) is 0 Å². The molecule has 0 saturated carbocycles. The van der Waals surface area contributed by atoms with Crippen molar-refractivity contribution < 1.29 is 9.32 Å². The van der Waals surface area contributed by atoms with Crippen LogP contribution in [0.2, 0.25) is 0 Å². The van der Waals surface area contributed by atoms with Gasteiger partial charge in [-0.05, 0) is 24.6 Å². The van der Waals surface area contributed by atoms with Crippen LogP contribution < -0.4 is 0 Å². The summed E-state index contributed by atoms with van der Waals surface area (Å²) in [4.78, 5) is 0. The molecule has 0 heterocycles. The molecule has 4 heteroatoms. The van der Waals surface area contributed by atoms with Crippen molar-refractivity contribution in [2.24, 2.45) is 0 Å². The highest BCUT2D eigenvalue weighted by Gasteiger charge is 2.12. The number of aliphatic hydroxyl groups is 1. The molecule has 0 aliphatic carbocycles. The third kappa shape index (κ3) is 3.19. The van der Waals surface area contributed by atoms with Crippen molar-refractivity contribution in [3.05, 3.63) is 34.3 Å². The average Bonchev–Trinajstić information content (AvgIpc) is 2.17. The van der Waals surface area contributed by atoms with Gasteiger partial charge in [0, 0.05) is 21.0 Å². The maximum Gasteiger partial charge on any atom is 0.0570 e. The van der Waals surface area contributed by atoms with Gasteiger partial charge in [0.1, 0.15) is 0 Å². The quantitative estimate of drug-likeness (QED) is 0.916. The number of aliphatic hydroxyl groups excluding tert-OH is 1. The monoisotopic (exact) mass is 276 g/mol. The predicted molar refractivity (Wildman–Crippen MR) is 62.7 cm³/mol. The smallest absolute Gasteiger partial charge is 0.0570 e. The number of hydrogen-bond acceptors (Lipinski definition) is 2. The Hall–Kier alpha value is -0.190. The second-order valence-corrected chi connectivity index (χ2v) is 5.80. The molecule has 14 heavy (non-hydrogen) atoms. The van der Waals surface area contributed by atoms with Crippen LogP contribution in [0, 0.1) is 0 Å². The lowest BCUT2D eigenvalue weighted by Gasteiger charge is -2.10. The lowest BCUT2D eigenvalue weighted by atomic mass is 10.2. The van der Waals surface area contributed by atoms with Gasteiger partial charge in [-0.25, -0.2) is 0 Å². The van der Waals surface area contributed by atoms with Crippen molar-refractivity contribution in [2.45, 2.75) is 12.2 Å². The van der Waals surface area contributed by atoms with E-state index in [0.717, 1.165) is 10.0 Å². The molecule has 0 fully saturated rings. The summed E-state index contributed by atoms with van der Waals surface area (Å²) < 4.78 is 12.6. The van der Waals surface area contributed by atoms with Crippen LogP contribution in [0.5, 0.6) is 0 Å². The summed E-state index contributed by atoms with van der Waals surface area (Å²) >= 11 is 3.37. The third-order valence-electron chi connectivity index (χ3n) is 2.00. The number of rotatable bonds is 4. The number of benzene rings is 1. The van der Waals surface area contributed by atoms with Gasteiger partial charge in [0.05, 0.1) is 11.9 Å². The Morgan fingerprint density at radius 2 is 2.29 bits per heavy atom. The molecule has 1 aromatic rings. The molecule has 1 aromatic carbocycles. The van der Waals surface area contributed by atoms with Crippen LogP contribution in [0.4, 0.5) is 0 Å². The summed E-state index contributed by atoms with van der Waals surface area (Å²) in [6.45, 7) is 1.89. The van der Waals surface area contributed by atoms with E-state index < -0.39 is 10.8 Å². The largest absolute Gasteiger partial charge is 0.395 e. The van der Waals surface area contributed by atoms with Crippen LogP contribution in [0.25, 0.3) is 0 Å². The van der Waals surface area contributed by atoms with E-state index >= 15 is 0 Å². The third-order valence-corrected chi connectivity index (χ3v) is 4.14. The Balaban J connectivity index is 2.78. The molecule has 1 rings (SSSR count). The van der Waals surface area contributed by atoms with E-state index in [-0.39, 0.29) is 11.9 Å². The Morgan fingerprint density at radius 1 is 1.57 bits per heavy atom. The minimum Gasteiger partial charge on any atom is -0.395 e. The fraction of sp³-hybridized carbons (Fsp3) is 0.400. The molecule has 0 unspecified atom stereocenters. The summed E-state index contributed by atoms with van der Waals surface area (Å²) in [5, 5.41) is 8.66. The minimum absolute atomic E-state index is 0.0229. The van der Waals surface area contributed by atoms with E-state index in [1.165, 1.54) is 0 Å². The SMILES string of the molecule is C[C@H](c1cccc(Br)c1)[S@](=O)CCO. The molecule has 2 atom stereocenters. The first kappa shape index (κ1) is 11.9. The van der Waals surface area contributed by atoms with E-state index in [0.29, 0.717) is 5.75 Å². The highest BCUT2D eigenvalue weighted by molar-refractivity contribution is 9.10. The second-order valence-electron chi connectivity index (χ2n) is 3.01. The molecular formula is C10H13BrO2S. The van der Waals surface area contributed by atoms with Gasteiger partial charge in [0.2, 0.25) is 0 Å². The zero-order valence-corrected chi connectivity index (χ0v) is 10.3. The van der Waals surface area contributed by atoms with Gasteiger partial charge in [0.15, 0.2) is 0 Å². The number of hydrogen-bond donors (Lipinski definition) is 1. The molecule has 0 spiro atoms. The lowest BCUT2D eigenvalue weighted by molar-refractivity contribution is 0.321. The summed E-state index contributed by atoms with van der Waals surface area (Å²) in [5.41, 5.74) is 1.03. The maximum atomic E-state index is 11.6. The van der Waals surface area contributed by atoms with E-state index in [4.69, 9.17) is 5.11 Å². The molecule has 1 N–H and O–H groups in total. The second kappa shape index (κ2) is 5.63. The van der Waals surface area contributed by atoms with Gasteiger partial charge >= 0.3 is 0 Å². The summed E-state index contributed by atoms with van der Waals surface area (Å²) in [6, 6.07) is 7.77. The van der Waals surface area contributed by atoms with Gasteiger partial charge in [-0.3, -0.25) is 4.21 Å². The Morgan fingerprint density at radius 3 is 2.86 bits per heavy atom. The Labute approximate surface area is 94.9 Å². The normalized spacial score (nSPS) is 15.1. The highest BCUT2D eigenvalue weighted by Crippen LogP contribution is 2.22. The summed E-state index contributed by atoms with van der Waals surface area (Å²) in [5.74, 6) is 0.341. The molecule has 0 aliphatic heterocycles. The zero-order valence-electron chi connectivity index (χ0n) is 7.94. The molecule has 0 bridgehead atoms. The standard InChI is InChI=1S/C10H13BrO2S/c1-8(14(13)6-5-12)9-3-2-4-10(11)7-9/h2-4,7-8,12H,5-6H2,1H3/t8-,14-/m1/s1. The van der Waals surface area contributed by atoms with Crippen molar-refractivity contribution in [2.75, 3.05) is 12.4 Å². The number of halogens is 1. The molecule has 78 valence electrons. The molecule has 0 aromatic heterocycles.